The van der Waals surface area contributed by atoms with Crippen molar-refractivity contribution in [3.8, 4) is 17.3 Å². The van der Waals surface area contributed by atoms with Crippen molar-refractivity contribution in [1.29, 1.82) is 0 Å². The van der Waals surface area contributed by atoms with Gasteiger partial charge in [-0.25, -0.2) is 13.2 Å². The highest BCUT2D eigenvalue weighted by Gasteiger charge is 2.49. The van der Waals surface area contributed by atoms with Crippen LogP contribution in [0.3, 0.4) is 0 Å². The van der Waals surface area contributed by atoms with Gasteiger partial charge in [0.2, 0.25) is 5.91 Å². The lowest BCUT2D eigenvalue weighted by atomic mass is 9.95. The van der Waals surface area contributed by atoms with E-state index in [1.54, 1.807) is 36.2 Å². The number of amides is 1. The van der Waals surface area contributed by atoms with Gasteiger partial charge in [-0.05, 0) is 87.8 Å². The minimum Gasteiger partial charge on any atom is -0.461 e. The number of hydrogen-bond acceptors (Lipinski definition) is 8. The lowest BCUT2D eigenvalue weighted by Crippen LogP contribution is -2.43. The van der Waals surface area contributed by atoms with Crippen LogP contribution in [-0.2, 0) is 4.79 Å². The molecular formula is C38H44F3N7O2. The van der Waals surface area contributed by atoms with E-state index in [1.165, 1.54) is 31.7 Å². The van der Waals surface area contributed by atoms with E-state index in [4.69, 9.17) is 9.72 Å². The van der Waals surface area contributed by atoms with Gasteiger partial charge < -0.3 is 19.4 Å². The van der Waals surface area contributed by atoms with Crippen molar-refractivity contribution in [1.82, 2.24) is 29.7 Å². The van der Waals surface area contributed by atoms with E-state index in [2.05, 4.69) is 33.4 Å². The number of likely N-dealkylation sites (N-methyl/N-ethyl adjacent to an activating group) is 1. The average molecular weight is 688 g/mol. The number of aryl methyl sites for hydroxylation is 1. The number of pyridine rings is 1. The summed E-state index contributed by atoms with van der Waals surface area (Å²) < 4.78 is 52.0. The molecule has 4 fully saturated rings. The van der Waals surface area contributed by atoms with Crippen molar-refractivity contribution in [3.05, 3.63) is 66.4 Å². The Labute approximate surface area is 290 Å². The first-order valence-electron chi connectivity index (χ1n) is 17.5. The Morgan fingerprint density at radius 3 is 2.66 bits per heavy atom. The molecule has 4 aromatic rings. The largest absolute Gasteiger partial charge is 0.461 e. The van der Waals surface area contributed by atoms with Crippen molar-refractivity contribution < 1.29 is 22.7 Å². The second-order valence-corrected chi connectivity index (χ2v) is 14.2. The predicted molar refractivity (Wildman–Crippen MR) is 189 cm³/mol. The Balaban J connectivity index is 0.000000722. The summed E-state index contributed by atoms with van der Waals surface area (Å²) in [5.74, 6) is -0.793. The molecule has 2 aromatic carbocycles. The van der Waals surface area contributed by atoms with Crippen LogP contribution in [0.1, 0.15) is 37.7 Å². The van der Waals surface area contributed by atoms with Gasteiger partial charge in [0.05, 0.1) is 10.9 Å². The summed E-state index contributed by atoms with van der Waals surface area (Å²) in [4.78, 5) is 34.2. The first-order valence-corrected chi connectivity index (χ1v) is 17.5. The molecule has 0 aliphatic carbocycles. The molecule has 0 bridgehead atoms. The third kappa shape index (κ3) is 6.28. The molecular weight excluding hydrogens is 643 g/mol. The van der Waals surface area contributed by atoms with Crippen LogP contribution < -0.4 is 9.64 Å². The highest BCUT2D eigenvalue weighted by molar-refractivity contribution is 6.00. The third-order valence-electron chi connectivity index (χ3n) is 11.0. The second kappa shape index (κ2) is 13.8. The number of carbonyl (C=O) groups excluding carboxylic acids is 1. The first-order chi connectivity index (χ1) is 24.1. The maximum absolute atomic E-state index is 16.7. The van der Waals surface area contributed by atoms with Crippen LogP contribution in [-0.4, -0.2) is 113 Å². The summed E-state index contributed by atoms with van der Waals surface area (Å²) in [6.45, 7) is 10.3. The molecule has 0 unspecified atom stereocenters. The molecule has 3 atom stereocenters. The van der Waals surface area contributed by atoms with Gasteiger partial charge >= 0.3 is 6.01 Å². The number of halogens is 3. The number of rotatable bonds is 7. The Hall–Kier alpha value is -4.29. The van der Waals surface area contributed by atoms with Crippen molar-refractivity contribution >= 4 is 33.4 Å². The smallest absolute Gasteiger partial charge is 0.319 e. The van der Waals surface area contributed by atoms with Crippen LogP contribution >= 0.6 is 0 Å². The Morgan fingerprint density at radius 1 is 1.12 bits per heavy atom. The number of likely N-dealkylation sites (tertiary alicyclic amines) is 2. The zero-order valence-electron chi connectivity index (χ0n) is 29.0. The molecule has 4 saturated heterocycles. The van der Waals surface area contributed by atoms with E-state index in [1.807, 2.05) is 18.0 Å². The fraction of sp³-hybridized carbons (Fsp3) is 0.474. The number of carbonyl (C=O) groups is 1. The second-order valence-electron chi connectivity index (χ2n) is 14.2. The lowest BCUT2D eigenvalue weighted by Gasteiger charge is -2.31. The molecule has 0 N–H and O–H groups in total. The van der Waals surface area contributed by atoms with Gasteiger partial charge in [-0.3, -0.25) is 14.7 Å². The molecule has 4 aliphatic rings. The summed E-state index contributed by atoms with van der Waals surface area (Å²) >= 11 is 0. The number of ether oxygens (including phenoxy) is 1. The highest BCUT2D eigenvalue weighted by Crippen LogP contribution is 2.41. The van der Waals surface area contributed by atoms with E-state index in [0.717, 1.165) is 24.8 Å². The molecule has 0 radical (unpaired) electrons. The maximum Gasteiger partial charge on any atom is 0.319 e. The van der Waals surface area contributed by atoms with Crippen LogP contribution in [0, 0.1) is 18.6 Å². The Morgan fingerprint density at radius 2 is 1.92 bits per heavy atom. The Bertz CT molecular complexity index is 1940. The van der Waals surface area contributed by atoms with Crippen LogP contribution in [0.4, 0.5) is 19.0 Å². The van der Waals surface area contributed by atoms with Crippen LogP contribution in [0.15, 0.2) is 49.2 Å². The SMILES string of the molecule is C=CC(=O)N1CC[C@@H](N(C)c2nc(OC[C@@]34CCCN3C[C@H](F)C4)nc3c(F)c(-c4cccc5ccc(F)c(C)c45)ncc23)C1.CN1CCC1. The van der Waals surface area contributed by atoms with Crippen molar-refractivity contribution in [2.75, 3.05) is 64.9 Å². The quantitative estimate of drug-likeness (QED) is 0.222. The van der Waals surface area contributed by atoms with Crippen LogP contribution in [0.25, 0.3) is 32.9 Å². The number of anilines is 1. The zero-order valence-corrected chi connectivity index (χ0v) is 29.0. The van der Waals surface area contributed by atoms with Crippen LogP contribution in [0.2, 0.25) is 0 Å². The van der Waals surface area contributed by atoms with E-state index >= 15 is 4.39 Å². The summed E-state index contributed by atoms with van der Waals surface area (Å²) in [5.41, 5.74) is 0.479. The van der Waals surface area contributed by atoms with Gasteiger partial charge in [0.1, 0.15) is 35.6 Å². The monoisotopic (exact) mass is 687 g/mol. The van der Waals surface area contributed by atoms with E-state index in [9.17, 15) is 13.6 Å². The molecule has 9 nitrogen and oxygen atoms in total. The van der Waals surface area contributed by atoms with Crippen molar-refractivity contribution in [3.63, 3.8) is 0 Å². The summed E-state index contributed by atoms with van der Waals surface area (Å²) in [6, 6.07) is 8.32. The molecule has 264 valence electrons. The number of nitrogens with zero attached hydrogens (tertiary/aromatic N) is 7. The van der Waals surface area contributed by atoms with Crippen molar-refractivity contribution in [2.24, 2.45) is 0 Å². The lowest BCUT2D eigenvalue weighted by molar-refractivity contribution is -0.125. The minimum atomic E-state index is -0.920. The fourth-order valence-corrected chi connectivity index (χ4v) is 7.96. The summed E-state index contributed by atoms with van der Waals surface area (Å²) in [7, 11) is 3.99. The van der Waals surface area contributed by atoms with Crippen molar-refractivity contribution in [2.45, 2.75) is 56.8 Å². The topological polar surface area (TPSA) is 77.9 Å². The number of benzene rings is 2. The van der Waals surface area contributed by atoms with E-state index < -0.39 is 17.5 Å². The third-order valence-corrected chi connectivity index (χ3v) is 11.0. The zero-order chi connectivity index (χ0) is 35.2. The molecule has 8 rings (SSSR count). The molecule has 2 aromatic heterocycles. The van der Waals surface area contributed by atoms with Gasteiger partial charge in [-0.15, -0.1) is 0 Å². The molecule has 4 aliphatic heterocycles. The Kier molecular flexibility index (Phi) is 9.42. The number of fused-ring (bicyclic) bond motifs is 3. The summed E-state index contributed by atoms with van der Waals surface area (Å²) in [6.07, 6.45) is 6.16. The highest BCUT2D eigenvalue weighted by atomic mass is 19.1. The standard InChI is InChI=1S/C34H35F3N6O2.C4H9N/c1-4-27(44)42-14-11-23(18-42)41(3)32-25-16-38-30(24-8-5-7-21-9-10-26(36)20(2)28(21)24)29(37)31(25)39-33(40-32)45-19-34-12-6-13-43(34)17-22(35)15-34;1-5-3-2-4-5/h4-5,7-10,16,22-23H,1,6,11-15,17-19H2,2-3H3;2-4H2,1H3/t22-,23-,34+;/m1./s1. The molecule has 0 spiro atoms. The van der Waals surface area contributed by atoms with E-state index in [0.29, 0.717) is 60.2 Å². The molecule has 50 heavy (non-hydrogen) atoms. The number of alkyl halides is 1. The minimum absolute atomic E-state index is 0.0129. The van der Waals surface area contributed by atoms with Gasteiger partial charge in [-0.1, -0.05) is 30.8 Å². The summed E-state index contributed by atoms with van der Waals surface area (Å²) in [5, 5.41) is 1.72. The molecule has 12 heteroatoms. The van der Waals surface area contributed by atoms with Gasteiger partial charge in [-0.2, -0.15) is 9.97 Å². The van der Waals surface area contributed by atoms with Gasteiger partial charge in [0, 0.05) is 50.9 Å². The van der Waals surface area contributed by atoms with Gasteiger partial charge in [0.25, 0.3) is 0 Å². The van der Waals surface area contributed by atoms with Crippen LogP contribution in [0.5, 0.6) is 6.01 Å². The molecule has 0 saturated carbocycles. The van der Waals surface area contributed by atoms with E-state index in [-0.39, 0.29) is 41.6 Å². The molecule has 1 amide bonds. The predicted octanol–water partition coefficient (Wildman–Crippen LogP) is 5.93. The normalized spacial score (nSPS) is 23.4. The maximum atomic E-state index is 16.7. The first kappa shape index (κ1) is 34.2. The fourth-order valence-electron chi connectivity index (χ4n) is 7.96. The molecule has 6 heterocycles. The average Bonchev–Trinajstić information content (AvgIpc) is 3.82. The number of hydrogen-bond donors (Lipinski definition) is 0. The number of aromatic nitrogens is 3. The van der Waals surface area contributed by atoms with Gasteiger partial charge in [0.15, 0.2) is 5.82 Å².